The first-order chi connectivity index (χ1) is 14.2. The molecule has 0 fully saturated rings. The van der Waals surface area contributed by atoms with Gasteiger partial charge in [-0.15, -0.1) is 0 Å². The summed E-state index contributed by atoms with van der Waals surface area (Å²) in [5.74, 6) is 0.341. The maximum atomic E-state index is 13.9. The van der Waals surface area contributed by atoms with Crippen molar-refractivity contribution in [3.05, 3.63) is 76.5 Å². The van der Waals surface area contributed by atoms with Crippen LogP contribution >= 0.6 is 0 Å². The van der Waals surface area contributed by atoms with E-state index in [1.54, 1.807) is 25.4 Å². The average molecular weight is 389 g/mol. The number of pyridine rings is 1. The first kappa shape index (κ1) is 17.2. The van der Waals surface area contributed by atoms with Gasteiger partial charge in [-0.2, -0.15) is 4.98 Å². The summed E-state index contributed by atoms with van der Waals surface area (Å²) in [4.78, 5) is 19.7. The third-order valence-electron chi connectivity index (χ3n) is 4.96. The molecule has 0 aliphatic heterocycles. The molecular weight excluding hydrogens is 373 g/mol. The molecule has 0 saturated carbocycles. The number of ether oxygens (including phenoxy) is 1. The summed E-state index contributed by atoms with van der Waals surface area (Å²) in [5, 5.41) is 5.27. The Kier molecular flexibility index (Phi) is 3.94. The molecule has 2 N–H and O–H groups in total. The van der Waals surface area contributed by atoms with Crippen molar-refractivity contribution < 1.29 is 13.5 Å². The average Bonchev–Trinajstić information content (AvgIpc) is 3.17. The van der Waals surface area contributed by atoms with E-state index in [4.69, 9.17) is 9.15 Å². The van der Waals surface area contributed by atoms with Gasteiger partial charge < -0.3 is 19.5 Å². The zero-order chi connectivity index (χ0) is 20.0. The molecule has 144 valence electrons. The number of nitrogens with one attached hydrogen (secondary N) is 2. The number of nitrogens with zero attached hydrogens (tertiary/aromatic N) is 1. The lowest BCUT2D eigenvalue weighted by molar-refractivity contribution is 0.410. The van der Waals surface area contributed by atoms with E-state index < -0.39 is 5.82 Å². The summed E-state index contributed by atoms with van der Waals surface area (Å²) < 4.78 is 25.2. The van der Waals surface area contributed by atoms with Gasteiger partial charge in [-0.05, 0) is 30.3 Å². The standard InChI is InChI=1S/C22H16FN3O3/c1-28-17-5-3-2-4-12(17)11-25-22-26-19-14-7-6-13(23)10-16(14)18-15(20(19)29-22)8-9-24-21(18)27/h2-10H,11H2,1H3,(H,24,27)(H,25,26). The number of halogens is 1. The predicted molar refractivity (Wildman–Crippen MR) is 110 cm³/mol. The topological polar surface area (TPSA) is 80.1 Å². The van der Waals surface area contributed by atoms with Gasteiger partial charge in [-0.1, -0.05) is 18.2 Å². The second-order valence-corrected chi connectivity index (χ2v) is 6.65. The molecule has 2 aromatic heterocycles. The number of para-hydroxylation sites is 1. The summed E-state index contributed by atoms with van der Waals surface area (Å²) in [6, 6.07) is 14.0. The SMILES string of the molecule is COc1ccccc1CNc1nc2c3ccc(F)cc3c3c(=O)[nH]ccc3c2o1. The molecule has 6 nitrogen and oxygen atoms in total. The Labute approximate surface area is 163 Å². The number of hydrogen-bond donors (Lipinski definition) is 2. The van der Waals surface area contributed by atoms with Crippen molar-refractivity contribution in [2.24, 2.45) is 0 Å². The van der Waals surface area contributed by atoms with Crippen molar-refractivity contribution in [2.45, 2.75) is 6.54 Å². The molecule has 2 heterocycles. The van der Waals surface area contributed by atoms with Crippen LogP contribution in [0.2, 0.25) is 0 Å². The number of H-pyrrole nitrogens is 1. The molecule has 0 saturated heterocycles. The van der Waals surface area contributed by atoms with Gasteiger partial charge >= 0.3 is 0 Å². The molecule has 0 unspecified atom stereocenters. The van der Waals surface area contributed by atoms with Crippen molar-refractivity contribution in [1.82, 2.24) is 9.97 Å². The number of fused-ring (bicyclic) bond motifs is 6. The normalized spacial score (nSPS) is 11.4. The zero-order valence-corrected chi connectivity index (χ0v) is 15.5. The van der Waals surface area contributed by atoms with Gasteiger partial charge in [0.1, 0.15) is 17.1 Å². The van der Waals surface area contributed by atoms with Crippen molar-refractivity contribution in [1.29, 1.82) is 0 Å². The Morgan fingerprint density at radius 1 is 1.14 bits per heavy atom. The summed E-state index contributed by atoms with van der Waals surface area (Å²) in [6.07, 6.45) is 1.54. The monoisotopic (exact) mass is 389 g/mol. The maximum Gasteiger partial charge on any atom is 0.296 e. The van der Waals surface area contributed by atoms with E-state index in [2.05, 4.69) is 15.3 Å². The minimum absolute atomic E-state index is 0.306. The molecule has 3 aromatic carbocycles. The van der Waals surface area contributed by atoms with E-state index in [-0.39, 0.29) is 5.56 Å². The lowest BCUT2D eigenvalue weighted by Gasteiger charge is -2.07. The van der Waals surface area contributed by atoms with E-state index in [1.165, 1.54) is 12.1 Å². The fourth-order valence-corrected chi connectivity index (χ4v) is 3.65. The highest BCUT2D eigenvalue weighted by molar-refractivity contribution is 6.22. The van der Waals surface area contributed by atoms with Crippen molar-refractivity contribution >= 4 is 38.7 Å². The summed E-state index contributed by atoms with van der Waals surface area (Å²) in [5.41, 5.74) is 1.69. The van der Waals surface area contributed by atoms with Crippen molar-refractivity contribution in [3.8, 4) is 5.75 Å². The number of methoxy groups -OCH3 is 1. The fraction of sp³-hybridized carbons (Fsp3) is 0.0909. The van der Waals surface area contributed by atoms with Crippen LogP contribution < -0.4 is 15.6 Å². The Morgan fingerprint density at radius 2 is 2.00 bits per heavy atom. The third kappa shape index (κ3) is 2.79. The first-order valence-electron chi connectivity index (χ1n) is 9.04. The van der Waals surface area contributed by atoms with Gasteiger partial charge in [-0.25, -0.2) is 4.39 Å². The Morgan fingerprint density at radius 3 is 2.86 bits per heavy atom. The lowest BCUT2D eigenvalue weighted by atomic mass is 10.0. The number of aromatic amines is 1. The van der Waals surface area contributed by atoms with Gasteiger partial charge in [0.05, 0.1) is 12.5 Å². The second kappa shape index (κ2) is 6.63. The minimum atomic E-state index is -0.417. The number of oxazole rings is 1. The van der Waals surface area contributed by atoms with Crippen LogP contribution in [0.15, 0.2) is 63.9 Å². The molecule has 0 amide bonds. The van der Waals surface area contributed by atoms with Crippen LogP contribution in [-0.2, 0) is 6.54 Å². The minimum Gasteiger partial charge on any atom is -0.496 e. The van der Waals surface area contributed by atoms with Crippen LogP contribution in [0.5, 0.6) is 5.75 Å². The van der Waals surface area contributed by atoms with E-state index in [9.17, 15) is 9.18 Å². The molecule has 0 aliphatic carbocycles. The quantitative estimate of drug-likeness (QED) is 0.440. The van der Waals surface area contributed by atoms with Gasteiger partial charge in [0, 0.05) is 34.5 Å². The van der Waals surface area contributed by atoms with E-state index >= 15 is 0 Å². The van der Waals surface area contributed by atoms with Crippen LogP contribution in [0.4, 0.5) is 10.4 Å². The third-order valence-corrected chi connectivity index (χ3v) is 4.96. The predicted octanol–water partition coefficient (Wildman–Crippen LogP) is 4.58. The maximum absolute atomic E-state index is 13.9. The summed E-state index contributed by atoms with van der Waals surface area (Å²) >= 11 is 0. The van der Waals surface area contributed by atoms with Crippen molar-refractivity contribution in [2.75, 3.05) is 12.4 Å². The highest BCUT2D eigenvalue weighted by atomic mass is 19.1. The Bertz CT molecular complexity index is 1440. The van der Waals surface area contributed by atoms with Gasteiger partial charge in [0.2, 0.25) is 0 Å². The molecule has 0 radical (unpaired) electrons. The lowest BCUT2D eigenvalue weighted by Crippen LogP contribution is -2.05. The largest absolute Gasteiger partial charge is 0.496 e. The molecule has 0 spiro atoms. The van der Waals surface area contributed by atoms with Crippen LogP contribution in [-0.4, -0.2) is 17.1 Å². The molecule has 0 aliphatic rings. The molecule has 0 bridgehead atoms. The Balaban J connectivity index is 1.68. The van der Waals surface area contributed by atoms with Gasteiger partial charge in [-0.3, -0.25) is 4.79 Å². The highest BCUT2D eigenvalue weighted by Gasteiger charge is 2.17. The zero-order valence-electron chi connectivity index (χ0n) is 15.5. The van der Waals surface area contributed by atoms with Crippen molar-refractivity contribution in [3.63, 3.8) is 0 Å². The smallest absolute Gasteiger partial charge is 0.296 e. The molecule has 0 atom stereocenters. The number of hydrogen-bond acceptors (Lipinski definition) is 5. The molecule has 5 rings (SSSR count). The van der Waals surface area contributed by atoms with Gasteiger partial charge in [0.15, 0.2) is 5.58 Å². The Hall–Kier alpha value is -3.87. The van der Waals surface area contributed by atoms with E-state index in [1.807, 2.05) is 24.3 Å². The summed E-state index contributed by atoms with van der Waals surface area (Å²) in [7, 11) is 1.62. The van der Waals surface area contributed by atoms with Crippen LogP contribution in [0.25, 0.3) is 32.6 Å². The van der Waals surface area contributed by atoms with E-state index in [0.717, 1.165) is 11.3 Å². The van der Waals surface area contributed by atoms with Crippen LogP contribution in [0.1, 0.15) is 5.56 Å². The van der Waals surface area contributed by atoms with Crippen LogP contribution in [0.3, 0.4) is 0 Å². The number of benzene rings is 3. The number of anilines is 1. The highest BCUT2D eigenvalue weighted by Crippen LogP contribution is 2.35. The molecule has 5 aromatic rings. The molecule has 29 heavy (non-hydrogen) atoms. The second-order valence-electron chi connectivity index (χ2n) is 6.65. The molecular formula is C22H16FN3O3. The van der Waals surface area contributed by atoms with Crippen LogP contribution in [0, 0.1) is 5.82 Å². The summed E-state index contributed by atoms with van der Waals surface area (Å²) in [6.45, 7) is 0.446. The number of rotatable bonds is 4. The van der Waals surface area contributed by atoms with E-state index in [0.29, 0.717) is 45.2 Å². The number of aromatic nitrogens is 2. The first-order valence-corrected chi connectivity index (χ1v) is 9.04. The molecule has 7 heteroatoms. The van der Waals surface area contributed by atoms with Gasteiger partial charge in [0.25, 0.3) is 11.6 Å². The fourth-order valence-electron chi connectivity index (χ4n) is 3.65.